The highest BCUT2D eigenvalue weighted by atomic mass is 16.5. The number of methoxy groups -OCH3 is 1. The van der Waals surface area contributed by atoms with Gasteiger partial charge in [-0.05, 0) is 87.0 Å². The molecule has 0 bridgehead atoms. The average molecular weight is 437 g/mol. The van der Waals surface area contributed by atoms with E-state index in [1.807, 2.05) is 41.3 Å². The number of ether oxygens (including phenoxy) is 3. The molecule has 1 aliphatic carbocycles. The lowest BCUT2D eigenvalue weighted by Crippen LogP contribution is -2.37. The Hall–Kier alpha value is -2.73. The molecule has 2 aliphatic heterocycles. The molecule has 6 heteroatoms. The lowest BCUT2D eigenvalue weighted by Gasteiger charge is -2.29. The number of carbonyl (C=O) groups is 1. The molecule has 0 atom stereocenters. The highest BCUT2D eigenvalue weighted by Crippen LogP contribution is 2.35. The van der Waals surface area contributed by atoms with Gasteiger partial charge >= 0.3 is 0 Å². The number of anilines is 1. The summed E-state index contributed by atoms with van der Waals surface area (Å²) in [6, 6.07) is 11.6. The van der Waals surface area contributed by atoms with Gasteiger partial charge in [0.05, 0.1) is 13.7 Å². The van der Waals surface area contributed by atoms with Crippen LogP contribution in [0.1, 0.15) is 41.6 Å². The number of amides is 1. The van der Waals surface area contributed by atoms with Crippen LogP contribution in [0.3, 0.4) is 0 Å². The van der Waals surface area contributed by atoms with Crippen LogP contribution in [-0.4, -0.2) is 57.3 Å². The van der Waals surface area contributed by atoms with Crippen molar-refractivity contribution in [1.82, 2.24) is 4.90 Å². The fourth-order valence-electron chi connectivity index (χ4n) is 4.53. The van der Waals surface area contributed by atoms with E-state index in [2.05, 4.69) is 4.90 Å². The van der Waals surface area contributed by atoms with Gasteiger partial charge in [-0.1, -0.05) is 0 Å². The Labute approximate surface area is 190 Å². The first-order valence-corrected chi connectivity index (χ1v) is 11.8. The number of benzene rings is 2. The predicted molar refractivity (Wildman–Crippen MR) is 124 cm³/mol. The molecule has 2 aromatic carbocycles. The minimum atomic E-state index is 0.0183. The maximum absolute atomic E-state index is 13.2. The molecule has 0 aromatic heterocycles. The standard InChI is InChI=1S/C26H32N2O4/c1-30-25-17-21(6-9-24(25)31-15-14-27-11-2-3-12-27)28-13-10-20-16-22(32-18-19-4-5-19)7-8-23(20)26(28)29/h6-9,16-17,19H,2-5,10-15,18H2,1H3. The largest absolute Gasteiger partial charge is 0.493 e. The van der Waals surface area contributed by atoms with Crippen molar-refractivity contribution in [2.75, 3.05) is 51.4 Å². The highest BCUT2D eigenvalue weighted by molar-refractivity contribution is 6.08. The first-order valence-electron chi connectivity index (χ1n) is 11.8. The van der Waals surface area contributed by atoms with Crippen LogP contribution in [0.15, 0.2) is 36.4 Å². The van der Waals surface area contributed by atoms with E-state index < -0.39 is 0 Å². The van der Waals surface area contributed by atoms with E-state index in [0.717, 1.165) is 61.0 Å². The SMILES string of the molecule is COc1cc(N2CCc3cc(OCC4CC4)ccc3C2=O)ccc1OCCN1CCCC1. The quantitative estimate of drug-likeness (QED) is 0.591. The molecule has 0 unspecified atom stereocenters. The van der Waals surface area contributed by atoms with Gasteiger partial charge < -0.3 is 19.1 Å². The summed E-state index contributed by atoms with van der Waals surface area (Å²) in [4.78, 5) is 17.5. The third kappa shape index (κ3) is 4.70. The Morgan fingerprint density at radius 2 is 1.81 bits per heavy atom. The molecule has 2 fully saturated rings. The van der Waals surface area contributed by atoms with Crippen molar-refractivity contribution in [1.29, 1.82) is 0 Å². The van der Waals surface area contributed by atoms with Gasteiger partial charge in [0.15, 0.2) is 11.5 Å². The number of hydrogen-bond acceptors (Lipinski definition) is 5. The molecule has 0 N–H and O–H groups in total. The second-order valence-corrected chi connectivity index (χ2v) is 9.01. The molecule has 2 heterocycles. The van der Waals surface area contributed by atoms with Crippen LogP contribution in [0.5, 0.6) is 17.2 Å². The summed E-state index contributed by atoms with van der Waals surface area (Å²) < 4.78 is 17.5. The van der Waals surface area contributed by atoms with Crippen molar-refractivity contribution in [3.05, 3.63) is 47.5 Å². The van der Waals surface area contributed by atoms with Gasteiger partial charge in [0.1, 0.15) is 12.4 Å². The monoisotopic (exact) mass is 436 g/mol. The number of rotatable bonds is 9. The highest BCUT2D eigenvalue weighted by Gasteiger charge is 2.27. The summed E-state index contributed by atoms with van der Waals surface area (Å²) in [6.07, 6.45) is 5.89. The average Bonchev–Trinajstić information content (AvgIpc) is 3.51. The van der Waals surface area contributed by atoms with Crippen molar-refractivity contribution in [2.24, 2.45) is 5.92 Å². The van der Waals surface area contributed by atoms with Gasteiger partial charge in [-0.15, -0.1) is 0 Å². The van der Waals surface area contributed by atoms with E-state index in [1.165, 1.54) is 25.7 Å². The van der Waals surface area contributed by atoms with Crippen molar-refractivity contribution in [2.45, 2.75) is 32.1 Å². The lowest BCUT2D eigenvalue weighted by atomic mass is 9.98. The normalized spacial score (nSPS) is 18.5. The Morgan fingerprint density at radius 3 is 2.59 bits per heavy atom. The van der Waals surface area contributed by atoms with E-state index in [0.29, 0.717) is 24.8 Å². The molecule has 170 valence electrons. The number of hydrogen-bond donors (Lipinski definition) is 0. The van der Waals surface area contributed by atoms with Gasteiger partial charge in [-0.3, -0.25) is 9.69 Å². The second-order valence-electron chi connectivity index (χ2n) is 9.01. The Morgan fingerprint density at radius 1 is 0.969 bits per heavy atom. The van der Waals surface area contributed by atoms with E-state index in [4.69, 9.17) is 14.2 Å². The van der Waals surface area contributed by atoms with Crippen LogP contribution in [0, 0.1) is 5.92 Å². The minimum absolute atomic E-state index is 0.0183. The van der Waals surface area contributed by atoms with Crippen LogP contribution in [-0.2, 0) is 6.42 Å². The molecule has 2 aromatic rings. The first kappa shape index (κ1) is 21.1. The number of fused-ring (bicyclic) bond motifs is 1. The second kappa shape index (κ2) is 9.41. The van der Waals surface area contributed by atoms with Crippen molar-refractivity contribution in [3.63, 3.8) is 0 Å². The minimum Gasteiger partial charge on any atom is -0.493 e. The Balaban J connectivity index is 1.25. The smallest absolute Gasteiger partial charge is 0.258 e. The van der Waals surface area contributed by atoms with Gasteiger partial charge in [0, 0.05) is 30.4 Å². The molecular weight excluding hydrogens is 404 g/mol. The number of nitrogens with zero attached hydrogens (tertiary/aromatic N) is 2. The lowest BCUT2D eigenvalue weighted by molar-refractivity contribution is 0.0980. The fourth-order valence-corrected chi connectivity index (χ4v) is 4.53. The maximum atomic E-state index is 13.2. The molecule has 5 rings (SSSR count). The van der Waals surface area contributed by atoms with Gasteiger partial charge in [0.25, 0.3) is 5.91 Å². The van der Waals surface area contributed by atoms with E-state index in [1.54, 1.807) is 7.11 Å². The summed E-state index contributed by atoms with van der Waals surface area (Å²) in [6.45, 7) is 5.30. The van der Waals surface area contributed by atoms with Crippen LogP contribution in [0.25, 0.3) is 0 Å². The summed E-state index contributed by atoms with van der Waals surface area (Å²) in [5, 5.41) is 0. The molecule has 0 spiro atoms. The van der Waals surface area contributed by atoms with Crippen molar-refractivity contribution >= 4 is 11.6 Å². The topological polar surface area (TPSA) is 51.2 Å². The van der Waals surface area contributed by atoms with Crippen molar-refractivity contribution < 1.29 is 19.0 Å². The molecular formula is C26H32N2O4. The zero-order valence-electron chi connectivity index (χ0n) is 18.8. The fraction of sp³-hybridized carbons (Fsp3) is 0.500. The van der Waals surface area contributed by atoms with Crippen LogP contribution >= 0.6 is 0 Å². The zero-order chi connectivity index (χ0) is 21.9. The van der Waals surface area contributed by atoms with Crippen LogP contribution < -0.4 is 19.1 Å². The zero-order valence-corrected chi connectivity index (χ0v) is 18.8. The third-order valence-electron chi connectivity index (χ3n) is 6.66. The predicted octanol–water partition coefficient (Wildman–Crippen LogP) is 4.16. The Kier molecular flexibility index (Phi) is 6.21. The van der Waals surface area contributed by atoms with Crippen molar-refractivity contribution in [3.8, 4) is 17.2 Å². The summed E-state index contributed by atoms with van der Waals surface area (Å²) >= 11 is 0. The van der Waals surface area contributed by atoms with E-state index >= 15 is 0 Å². The molecule has 6 nitrogen and oxygen atoms in total. The van der Waals surface area contributed by atoms with Crippen LogP contribution in [0.2, 0.25) is 0 Å². The molecule has 0 radical (unpaired) electrons. The number of likely N-dealkylation sites (tertiary alicyclic amines) is 1. The summed E-state index contributed by atoms with van der Waals surface area (Å²) in [7, 11) is 1.64. The molecule has 1 saturated carbocycles. The summed E-state index contributed by atoms with van der Waals surface area (Å²) in [5.74, 6) is 2.98. The van der Waals surface area contributed by atoms with Gasteiger partial charge in [0.2, 0.25) is 0 Å². The third-order valence-corrected chi connectivity index (χ3v) is 6.66. The van der Waals surface area contributed by atoms with Gasteiger partial charge in [-0.2, -0.15) is 0 Å². The molecule has 1 saturated heterocycles. The maximum Gasteiger partial charge on any atom is 0.258 e. The molecule has 3 aliphatic rings. The summed E-state index contributed by atoms with van der Waals surface area (Å²) in [5.41, 5.74) is 2.65. The van der Waals surface area contributed by atoms with E-state index in [9.17, 15) is 4.79 Å². The Bertz CT molecular complexity index is 966. The number of carbonyl (C=O) groups excluding carboxylic acids is 1. The van der Waals surface area contributed by atoms with Gasteiger partial charge in [-0.25, -0.2) is 0 Å². The van der Waals surface area contributed by atoms with Crippen LogP contribution in [0.4, 0.5) is 5.69 Å². The first-order chi connectivity index (χ1) is 15.7. The van der Waals surface area contributed by atoms with E-state index in [-0.39, 0.29) is 5.91 Å². The molecule has 1 amide bonds. The molecule has 32 heavy (non-hydrogen) atoms.